The van der Waals surface area contributed by atoms with Gasteiger partial charge >= 0.3 is 0 Å². The van der Waals surface area contributed by atoms with E-state index in [2.05, 4.69) is 31.8 Å². The van der Waals surface area contributed by atoms with Crippen molar-refractivity contribution in [2.45, 2.75) is 13.2 Å². The van der Waals surface area contributed by atoms with E-state index < -0.39 is 0 Å². The van der Waals surface area contributed by atoms with E-state index in [9.17, 15) is 0 Å². The summed E-state index contributed by atoms with van der Waals surface area (Å²) < 4.78 is 7.70. The highest BCUT2D eigenvalue weighted by Gasteiger charge is 2.12. The molecule has 0 saturated carbocycles. The summed E-state index contributed by atoms with van der Waals surface area (Å²) in [5, 5.41) is 8.08. The smallest absolute Gasteiger partial charge is 0.217 e. The molecular formula is C16H17ClN4OS2. The maximum atomic E-state index is 6.10. The Balaban J connectivity index is 1.83. The fourth-order valence-corrected chi connectivity index (χ4v) is 3.45. The van der Waals surface area contributed by atoms with E-state index in [4.69, 9.17) is 28.6 Å². The number of benzene rings is 1. The first-order chi connectivity index (χ1) is 11.6. The molecular weight excluding hydrogens is 364 g/mol. The van der Waals surface area contributed by atoms with E-state index in [1.807, 2.05) is 23.9 Å². The number of rotatable bonds is 6. The Labute approximate surface area is 154 Å². The Bertz CT molecular complexity index is 873. The number of H-pyrrole nitrogens is 1. The van der Waals surface area contributed by atoms with Crippen LogP contribution in [0.4, 0.5) is 0 Å². The van der Waals surface area contributed by atoms with Crippen molar-refractivity contribution < 1.29 is 4.74 Å². The van der Waals surface area contributed by atoms with Crippen molar-refractivity contribution >= 4 is 35.2 Å². The third-order valence-electron chi connectivity index (χ3n) is 3.51. The molecule has 0 bridgehead atoms. The van der Waals surface area contributed by atoms with Gasteiger partial charge in [-0.3, -0.25) is 10.00 Å². The van der Waals surface area contributed by atoms with Gasteiger partial charge in [0.25, 0.3) is 0 Å². The standard InChI is InChI=1S/C16H17ClN4OS2/c1-20(8-11-5-6-24-9-11)10-21-16(23)18-15(19-21)13-7-12(17)3-4-14(13)22-2/h3-7,9H,8,10H2,1-2H3,(H,18,19,23). The Kier molecular flexibility index (Phi) is 5.35. The number of nitrogens with one attached hydrogen (secondary N) is 1. The average molecular weight is 381 g/mol. The summed E-state index contributed by atoms with van der Waals surface area (Å²) in [7, 11) is 3.66. The summed E-state index contributed by atoms with van der Waals surface area (Å²) in [4.78, 5) is 6.60. The molecule has 1 aromatic carbocycles. The number of methoxy groups -OCH3 is 1. The SMILES string of the molecule is COc1ccc(Cl)cc1-c1nc(=S)n(CN(C)Cc2ccsc2)[nH]1. The molecule has 0 atom stereocenters. The largest absolute Gasteiger partial charge is 0.496 e. The van der Waals surface area contributed by atoms with Crippen molar-refractivity contribution in [2.75, 3.05) is 14.2 Å². The van der Waals surface area contributed by atoms with E-state index in [1.165, 1.54) is 5.56 Å². The number of hydrogen-bond donors (Lipinski definition) is 1. The molecule has 0 spiro atoms. The van der Waals surface area contributed by atoms with Crippen LogP contribution in [0.1, 0.15) is 5.56 Å². The third-order valence-corrected chi connectivity index (χ3v) is 4.79. The van der Waals surface area contributed by atoms with Crippen molar-refractivity contribution in [1.29, 1.82) is 0 Å². The van der Waals surface area contributed by atoms with Gasteiger partial charge in [-0.15, -0.1) is 0 Å². The van der Waals surface area contributed by atoms with Gasteiger partial charge in [0.1, 0.15) is 5.75 Å². The minimum Gasteiger partial charge on any atom is -0.496 e. The lowest BCUT2D eigenvalue weighted by atomic mass is 10.2. The highest BCUT2D eigenvalue weighted by atomic mass is 35.5. The van der Waals surface area contributed by atoms with Gasteiger partial charge in [-0.2, -0.15) is 16.3 Å². The summed E-state index contributed by atoms with van der Waals surface area (Å²) in [6, 6.07) is 7.53. The van der Waals surface area contributed by atoms with Gasteiger partial charge in [0, 0.05) is 11.6 Å². The average Bonchev–Trinajstić information content (AvgIpc) is 3.18. The summed E-state index contributed by atoms with van der Waals surface area (Å²) >= 11 is 13.2. The molecule has 2 heterocycles. The van der Waals surface area contributed by atoms with E-state index in [1.54, 1.807) is 24.5 Å². The molecule has 24 heavy (non-hydrogen) atoms. The molecule has 1 N–H and O–H groups in total. The topological polar surface area (TPSA) is 46.1 Å². The van der Waals surface area contributed by atoms with Crippen LogP contribution in [0.2, 0.25) is 5.02 Å². The number of nitrogens with zero attached hydrogens (tertiary/aromatic N) is 3. The van der Waals surface area contributed by atoms with E-state index in [0.717, 1.165) is 12.1 Å². The molecule has 0 aliphatic carbocycles. The quantitative estimate of drug-likeness (QED) is 0.643. The van der Waals surface area contributed by atoms with E-state index in [0.29, 0.717) is 28.0 Å². The molecule has 126 valence electrons. The van der Waals surface area contributed by atoms with Crippen LogP contribution in [0.25, 0.3) is 11.4 Å². The van der Waals surface area contributed by atoms with Crippen molar-refractivity contribution in [3.8, 4) is 17.1 Å². The fourth-order valence-electron chi connectivity index (χ4n) is 2.42. The first-order valence-electron chi connectivity index (χ1n) is 7.27. The molecule has 0 saturated heterocycles. The predicted octanol–water partition coefficient (Wildman–Crippen LogP) is 4.42. The molecule has 5 nitrogen and oxygen atoms in total. The van der Waals surface area contributed by atoms with Crippen molar-refractivity contribution in [2.24, 2.45) is 0 Å². The molecule has 8 heteroatoms. The van der Waals surface area contributed by atoms with Crippen LogP contribution >= 0.6 is 35.2 Å². The number of aromatic nitrogens is 3. The molecule has 0 aliphatic rings. The Morgan fingerprint density at radius 3 is 2.96 bits per heavy atom. The maximum absolute atomic E-state index is 6.10. The van der Waals surface area contributed by atoms with Gasteiger partial charge in [0.05, 0.1) is 19.3 Å². The van der Waals surface area contributed by atoms with Crippen LogP contribution < -0.4 is 4.74 Å². The van der Waals surface area contributed by atoms with Gasteiger partial charge in [0.2, 0.25) is 4.77 Å². The molecule has 0 aliphatic heterocycles. The Morgan fingerprint density at radius 1 is 1.42 bits per heavy atom. The molecule has 3 aromatic rings. The highest BCUT2D eigenvalue weighted by molar-refractivity contribution is 7.71. The van der Waals surface area contributed by atoms with E-state index in [-0.39, 0.29) is 0 Å². The fraction of sp³-hybridized carbons (Fsp3) is 0.250. The van der Waals surface area contributed by atoms with Gasteiger partial charge in [-0.1, -0.05) is 11.6 Å². The number of hydrogen-bond acceptors (Lipinski definition) is 5. The predicted molar refractivity (Wildman–Crippen MR) is 100 cm³/mol. The van der Waals surface area contributed by atoms with Crippen LogP contribution in [0.3, 0.4) is 0 Å². The van der Waals surface area contributed by atoms with Gasteiger partial charge in [-0.05, 0) is 59.9 Å². The van der Waals surface area contributed by atoms with Crippen LogP contribution in [0.15, 0.2) is 35.0 Å². The monoisotopic (exact) mass is 380 g/mol. The summed E-state index contributed by atoms with van der Waals surface area (Å²) in [6.07, 6.45) is 0. The molecule has 2 aromatic heterocycles. The number of aromatic amines is 1. The van der Waals surface area contributed by atoms with Gasteiger partial charge in [0.15, 0.2) is 5.82 Å². The lowest BCUT2D eigenvalue weighted by molar-refractivity contribution is 0.245. The molecule has 0 unspecified atom stereocenters. The normalized spacial score (nSPS) is 11.2. The van der Waals surface area contributed by atoms with Crippen molar-refractivity contribution in [1.82, 2.24) is 19.7 Å². The summed E-state index contributed by atoms with van der Waals surface area (Å²) in [5.41, 5.74) is 2.07. The minimum absolute atomic E-state index is 0.490. The third kappa shape index (κ3) is 3.87. The van der Waals surface area contributed by atoms with Crippen LogP contribution in [-0.4, -0.2) is 33.8 Å². The number of halogens is 1. The van der Waals surface area contributed by atoms with Crippen LogP contribution in [0, 0.1) is 4.77 Å². The first kappa shape index (κ1) is 17.2. The number of thiophene rings is 1. The second-order valence-electron chi connectivity index (χ2n) is 5.41. The molecule has 0 fully saturated rings. The maximum Gasteiger partial charge on any atom is 0.217 e. The second-order valence-corrected chi connectivity index (χ2v) is 7.00. The highest BCUT2D eigenvalue weighted by Crippen LogP contribution is 2.30. The van der Waals surface area contributed by atoms with Crippen LogP contribution in [0.5, 0.6) is 5.75 Å². The first-order valence-corrected chi connectivity index (χ1v) is 9.00. The lowest BCUT2D eigenvalue weighted by Gasteiger charge is -2.16. The zero-order chi connectivity index (χ0) is 17.1. The zero-order valence-electron chi connectivity index (χ0n) is 13.3. The molecule has 0 radical (unpaired) electrons. The molecule has 0 amide bonds. The van der Waals surface area contributed by atoms with Gasteiger partial charge in [-0.25, -0.2) is 4.68 Å². The lowest BCUT2D eigenvalue weighted by Crippen LogP contribution is -2.22. The second kappa shape index (κ2) is 7.48. The zero-order valence-corrected chi connectivity index (χ0v) is 15.7. The summed E-state index contributed by atoms with van der Waals surface area (Å²) in [5.74, 6) is 1.34. The number of ether oxygens (including phenoxy) is 1. The summed E-state index contributed by atoms with van der Waals surface area (Å²) in [6.45, 7) is 1.46. The van der Waals surface area contributed by atoms with Gasteiger partial charge < -0.3 is 4.74 Å². The van der Waals surface area contributed by atoms with Crippen molar-refractivity contribution in [3.05, 3.63) is 50.4 Å². The minimum atomic E-state index is 0.490. The van der Waals surface area contributed by atoms with E-state index >= 15 is 0 Å². The Hall–Kier alpha value is -1.67. The van der Waals surface area contributed by atoms with Crippen LogP contribution in [-0.2, 0) is 13.2 Å². The molecule has 3 rings (SSSR count). The Morgan fingerprint density at radius 2 is 2.25 bits per heavy atom. The van der Waals surface area contributed by atoms with Crippen molar-refractivity contribution in [3.63, 3.8) is 0 Å².